The molecule has 3 aromatic rings. The van der Waals surface area contributed by atoms with Gasteiger partial charge < -0.3 is 21.3 Å². The largest absolute Gasteiger partial charge is 0.353 e. The normalized spacial score (nSPS) is 13.8. The molecule has 2 heterocycles. The van der Waals surface area contributed by atoms with Gasteiger partial charge in [-0.2, -0.15) is 0 Å². The highest BCUT2D eigenvalue weighted by Gasteiger charge is 2.29. The molecular formula is C27H29ClF2N6O2. The molecular weight excluding hydrogens is 514 g/mol. The lowest BCUT2D eigenvalue weighted by molar-refractivity contribution is -0.131. The number of amides is 2. The first kappa shape index (κ1) is 27.4. The summed E-state index contributed by atoms with van der Waals surface area (Å²) in [5.41, 5.74) is 7.13. The summed E-state index contributed by atoms with van der Waals surface area (Å²) in [5, 5.41) is 6.51. The molecule has 0 unspecified atom stereocenters. The molecule has 38 heavy (non-hydrogen) atoms. The number of hydrogen-bond acceptors (Lipinski definition) is 6. The van der Waals surface area contributed by atoms with Gasteiger partial charge in [-0.3, -0.25) is 9.59 Å². The molecule has 4 rings (SSSR count). The number of nitrogens with one attached hydrogen (secondary N) is 2. The first-order valence-corrected chi connectivity index (χ1v) is 12.8. The Balaban J connectivity index is 1.46. The lowest BCUT2D eigenvalue weighted by Gasteiger charge is -2.32. The topological polar surface area (TPSA) is 113 Å². The molecule has 0 atom stereocenters. The lowest BCUT2D eigenvalue weighted by Crippen LogP contribution is -2.39. The van der Waals surface area contributed by atoms with Crippen molar-refractivity contribution >= 4 is 29.4 Å². The van der Waals surface area contributed by atoms with Gasteiger partial charge in [-0.25, -0.2) is 18.7 Å². The smallest absolute Gasteiger partial charge is 0.254 e. The summed E-state index contributed by atoms with van der Waals surface area (Å²) < 4.78 is 28.0. The van der Waals surface area contributed by atoms with E-state index >= 15 is 0 Å². The molecule has 1 saturated heterocycles. The van der Waals surface area contributed by atoms with Crippen LogP contribution < -0.4 is 16.4 Å². The van der Waals surface area contributed by atoms with Crippen LogP contribution in [0.5, 0.6) is 0 Å². The Morgan fingerprint density at radius 2 is 1.82 bits per heavy atom. The number of benzene rings is 2. The zero-order valence-electron chi connectivity index (χ0n) is 20.7. The molecule has 1 aliphatic heterocycles. The number of rotatable bonds is 9. The number of piperidine rings is 1. The third-order valence-electron chi connectivity index (χ3n) is 6.46. The van der Waals surface area contributed by atoms with Crippen molar-refractivity contribution in [1.29, 1.82) is 0 Å². The summed E-state index contributed by atoms with van der Waals surface area (Å²) in [6.45, 7) is 1.89. The SMILES string of the molecule is NCCNc1ncc(C(=O)NCc2cccc(Cl)c2)c(C2CCN(C(=O)Cc3c(F)cccc3F)CC2)n1. The van der Waals surface area contributed by atoms with Gasteiger partial charge in [0, 0.05) is 55.4 Å². The van der Waals surface area contributed by atoms with E-state index in [0.29, 0.717) is 61.2 Å². The van der Waals surface area contributed by atoms with Gasteiger partial charge >= 0.3 is 0 Å². The van der Waals surface area contributed by atoms with Crippen molar-refractivity contribution in [2.45, 2.75) is 31.7 Å². The summed E-state index contributed by atoms with van der Waals surface area (Å²) in [4.78, 5) is 36.4. The fourth-order valence-corrected chi connectivity index (χ4v) is 4.65. The average Bonchev–Trinajstić information content (AvgIpc) is 2.92. The molecule has 0 spiro atoms. The summed E-state index contributed by atoms with van der Waals surface area (Å²) in [6.07, 6.45) is 2.22. The van der Waals surface area contributed by atoms with Crippen LogP contribution in [-0.2, 0) is 17.8 Å². The van der Waals surface area contributed by atoms with Crippen LogP contribution >= 0.6 is 11.6 Å². The average molecular weight is 543 g/mol. The Labute approximate surface area is 224 Å². The maximum Gasteiger partial charge on any atom is 0.254 e. The number of anilines is 1. The maximum atomic E-state index is 14.0. The fraction of sp³-hybridized carbons (Fsp3) is 0.333. The quantitative estimate of drug-likeness (QED) is 0.380. The molecule has 11 heteroatoms. The highest BCUT2D eigenvalue weighted by molar-refractivity contribution is 6.30. The molecule has 1 aromatic heterocycles. The van der Waals surface area contributed by atoms with E-state index in [-0.39, 0.29) is 36.3 Å². The monoisotopic (exact) mass is 542 g/mol. The van der Waals surface area contributed by atoms with Crippen LogP contribution in [0.3, 0.4) is 0 Å². The molecule has 1 aliphatic rings. The van der Waals surface area contributed by atoms with E-state index in [4.69, 9.17) is 17.3 Å². The van der Waals surface area contributed by atoms with Crippen molar-refractivity contribution in [2.24, 2.45) is 5.73 Å². The van der Waals surface area contributed by atoms with Crippen LogP contribution in [0.15, 0.2) is 48.7 Å². The zero-order valence-corrected chi connectivity index (χ0v) is 21.5. The third-order valence-corrected chi connectivity index (χ3v) is 6.69. The predicted molar refractivity (Wildman–Crippen MR) is 141 cm³/mol. The number of halogens is 3. The molecule has 200 valence electrons. The van der Waals surface area contributed by atoms with Crippen molar-refractivity contribution in [2.75, 3.05) is 31.5 Å². The number of aromatic nitrogens is 2. The number of nitrogens with two attached hydrogens (primary N) is 1. The first-order valence-electron chi connectivity index (χ1n) is 12.4. The van der Waals surface area contributed by atoms with Crippen molar-refractivity contribution in [3.8, 4) is 0 Å². The predicted octanol–water partition coefficient (Wildman–Crippen LogP) is 3.66. The Hall–Kier alpha value is -3.63. The van der Waals surface area contributed by atoms with Gasteiger partial charge in [0.2, 0.25) is 11.9 Å². The van der Waals surface area contributed by atoms with E-state index in [1.54, 1.807) is 17.0 Å². The zero-order chi connectivity index (χ0) is 27.1. The molecule has 8 nitrogen and oxygen atoms in total. The molecule has 2 amide bonds. The summed E-state index contributed by atoms with van der Waals surface area (Å²) >= 11 is 6.04. The van der Waals surface area contributed by atoms with Crippen LogP contribution in [0.25, 0.3) is 0 Å². The van der Waals surface area contributed by atoms with Crippen LogP contribution in [0.4, 0.5) is 14.7 Å². The Bertz CT molecular complexity index is 1280. The second-order valence-electron chi connectivity index (χ2n) is 9.05. The minimum atomic E-state index is -0.736. The van der Waals surface area contributed by atoms with E-state index < -0.39 is 11.6 Å². The van der Waals surface area contributed by atoms with Gasteiger partial charge in [0.1, 0.15) is 11.6 Å². The number of nitrogens with zero attached hydrogens (tertiary/aromatic N) is 3. The fourth-order valence-electron chi connectivity index (χ4n) is 4.44. The molecule has 0 bridgehead atoms. The standard InChI is InChI=1S/C27H29ClF2N6O2/c28-19-4-1-3-17(13-19)15-33-26(38)21-16-34-27(32-10-9-31)35-25(21)18-7-11-36(12-8-18)24(37)14-20-22(29)5-2-6-23(20)30/h1-6,13,16,18H,7-12,14-15,31H2,(H,33,38)(H,32,34,35). The van der Waals surface area contributed by atoms with Gasteiger partial charge in [0.15, 0.2) is 0 Å². The van der Waals surface area contributed by atoms with Crippen molar-refractivity contribution in [3.63, 3.8) is 0 Å². The van der Waals surface area contributed by atoms with E-state index in [9.17, 15) is 18.4 Å². The van der Waals surface area contributed by atoms with Gasteiger partial charge in [-0.1, -0.05) is 29.8 Å². The molecule has 4 N–H and O–H groups in total. The molecule has 1 fully saturated rings. The number of hydrogen-bond donors (Lipinski definition) is 3. The molecule has 2 aromatic carbocycles. The molecule has 0 saturated carbocycles. The van der Waals surface area contributed by atoms with Gasteiger partial charge in [0.25, 0.3) is 5.91 Å². The van der Waals surface area contributed by atoms with Crippen molar-refractivity contribution < 1.29 is 18.4 Å². The summed E-state index contributed by atoms with van der Waals surface area (Å²) in [6, 6.07) is 10.8. The second-order valence-corrected chi connectivity index (χ2v) is 9.49. The second kappa shape index (κ2) is 12.7. The van der Waals surface area contributed by atoms with Crippen molar-refractivity contribution in [1.82, 2.24) is 20.2 Å². The van der Waals surface area contributed by atoms with Crippen LogP contribution in [0.2, 0.25) is 5.02 Å². The third kappa shape index (κ3) is 6.81. The van der Waals surface area contributed by atoms with Crippen molar-refractivity contribution in [3.05, 3.63) is 87.7 Å². The Kier molecular flexibility index (Phi) is 9.19. The van der Waals surface area contributed by atoms with Crippen LogP contribution in [0.1, 0.15) is 45.9 Å². The lowest BCUT2D eigenvalue weighted by atomic mass is 9.90. The van der Waals surface area contributed by atoms with Gasteiger partial charge in [0.05, 0.1) is 17.7 Å². The minimum Gasteiger partial charge on any atom is -0.353 e. The number of carbonyl (C=O) groups is 2. The highest BCUT2D eigenvalue weighted by atomic mass is 35.5. The van der Waals surface area contributed by atoms with Crippen LogP contribution in [-0.4, -0.2) is 52.9 Å². The van der Waals surface area contributed by atoms with Crippen LogP contribution in [0, 0.1) is 11.6 Å². The molecule has 0 radical (unpaired) electrons. The molecule has 0 aliphatic carbocycles. The Morgan fingerprint density at radius 1 is 1.11 bits per heavy atom. The van der Waals surface area contributed by atoms with E-state index in [1.807, 2.05) is 12.1 Å². The Morgan fingerprint density at radius 3 is 2.50 bits per heavy atom. The summed E-state index contributed by atoms with van der Waals surface area (Å²) in [5.74, 6) is -1.89. The van der Waals surface area contributed by atoms with Gasteiger partial charge in [-0.15, -0.1) is 0 Å². The van der Waals surface area contributed by atoms with E-state index in [2.05, 4.69) is 20.6 Å². The minimum absolute atomic E-state index is 0.113. The maximum absolute atomic E-state index is 14.0. The number of likely N-dealkylation sites (tertiary alicyclic amines) is 1. The van der Waals surface area contributed by atoms with Gasteiger partial charge in [-0.05, 0) is 42.7 Å². The first-order chi connectivity index (χ1) is 18.4. The van der Waals surface area contributed by atoms with E-state index in [1.165, 1.54) is 12.3 Å². The number of carbonyl (C=O) groups excluding carboxylic acids is 2. The summed E-state index contributed by atoms with van der Waals surface area (Å²) in [7, 11) is 0. The van der Waals surface area contributed by atoms with E-state index in [0.717, 1.165) is 17.7 Å². The highest BCUT2D eigenvalue weighted by Crippen LogP contribution is 2.30.